The molecule has 3 aliphatic rings. The van der Waals surface area contributed by atoms with Crippen LogP contribution in [0.25, 0.3) is 11.6 Å². The van der Waals surface area contributed by atoms with Gasteiger partial charge in [0.2, 0.25) is 6.41 Å². The van der Waals surface area contributed by atoms with Gasteiger partial charge in [0, 0.05) is 30.4 Å². The van der Waals surface area contributed by atoms with E-state index in [0.717, 1.165) is 44.1 Å². The summed E-state index contributed by atoms with van der Waals surface area (Å²) in [4.78, 5) is 43.6. The van der Waals surface area contributed by atoms with Crippen molar-refractivity contribution in [2.24, 2.45) is 0 Å². The van der Waals surface area contributed by atoms with Gasteiger partial charge in [-0.3, -0.25) is 14.4 Å². The van der Waals surface area contributed by atoms with Crippen molar-refractivity contribution in [2.45, 2.75) is 51.2 Å². The Balaban J connectivity index is 1.47. The molecular formula is C27H29F4N5O3. The minimum atomic E-state index is -4.90. The number of hydrogen-bond donors (Lipinski definition) is 3. The van der Waals surface area contributed by atoms with Crippen LogP contribution in [0, 0.1) is 12.7 Å². The average Bonchev–Trinajstić information content (AvgIpc) is 3.40. The van der Waals surface area contributed by atoms with Gasteiger partial charge in [0.05, 0.1) is 33.8 Å². The predicted octanol–water partition coefficient (Wildman–Crippen LogP) is 4.63. The van der Waals surface area contributed by atoms with Gasteiger partial charge in [-0.25, -0.2) is 4.39 Å². The summed E-state index contributed by atoms with van der Waals surface area (Å²) < 4.78 is 57.5. The van der Waals surface area contributed by atoms with E-state index in [1.54, 1.807) is 0 Å². The van der Waals surface area contributed by atoms with Gasteiger partial charge in [0.15, 0.2) is 0 Å². The summed E-state index contributed by atoms with van der Waals surface area (Å²) in [5.41, 5.74) is -2.28. The second-order valence-corrected chi connectivity index (χ2v) is 10.2. The minimum absolute atomic E-state index is 0.00242. The Morgan fingerprint density at radius 3 is 2.44 bits per heavy atom. The molecule has 0 radical (unpaired) electrons. The van der Waals surface area contributed by atoms with Gasteiger partial charge < -0.3 is 25.4 Å². The summed E-state index contributed by atoms with van der Waals surface area (Å²) in [5, 5.41) is 4.74. The second-order valence-electron chi connectivity index (χ2n) is 10.2. The van der Waals surface area contributed by atoms with Gasteiger partial charge in [0.25, 0.3) is 11.8 Å². The van der Waals surface area contributed by atoms with Crippen molar-refractivity contribution in [1.29, 1.82) is 0 Å². The normalized spacial score (nSPS) is 19.8. The van der Waals surface area contributed by atoms with Crippen LogP contribution in [0.1, 0.15) is 65.0 Å². The number of fused-ring (bicyclic) bond motifs is 1. The third kappa shape index (κ3) is 5.17. The van der Waals surface area contributed by atoms with Crippen LogP contribution >= 0.6 is 0 Å². The molecule has 12 heteroatoms. The number of hydrogen-bond acceptors (Lipinski definition) is 4. The van der Waals surface area contributed by atoms with Gasteiger partial charge in [-0.15, -0.1) is 0 Å². The van der Waals surface area contributed by atoms with Crippen molar-refractivity contribution in [2.75, 3.05) is 36.8 Å². The molecule has 0 spiro atoms. The fourth-order valence-electron chi connectivity index (χ4n) is 5.92. The molecule has 5 rings (SSSR count). The number of rotatable bonds is 5. The lowest BCUT2D eigenvalue weighted by molar-refractivity contribution is -0.138. The number of H-pyrrole nitrogens is 1. The molecule has 1 aromatic heterocycles. The zero-order valence-corrected chi connectivity index (χ0v) is 21.4. The van der Waals surface area contributed by atoms with Crippen molar-refractivity contribution in [3.05, 3.63) is 46.0 Å². The molecule has 3 N–H and O–H groups in total. The molecule has 0 atom stereocenters. The molecular weight excluding hydrogens is 518 g/mol. The molecule has 0 saturated carbocycles. The quantitative estimate of drug-likeness (QED) is 0.289. The number of nitrogens with zero attached hydrogens (tertiary/aromatic N) is 2. The molecule has 208 valence electrons. The number of aromatic amines is 1. The maximum atomic E-state index is 14.4. The van der Waals surface area contributed by atoms with Crippen molar-refractivity contribution in [1.82, 2.24) is 14.8 Å². The van der Waals surface area contributed by atoms with Crippen molar-refractivity contribution in [3.63, 3.8) is 0 Å². The number of anilines is 2. The summed E-state index contributed by atoms with van der Waals surface area (Å²) in [6.45, 7) is 4.14. The van der Waals surface area contributed by atoms with Crippen molar-refractivity contribution < 1.29 is 31.9 Å². The standard InChI is InChI=1S/C27H29F4N5O3/c1-15-22(26(39)36-9-5-17(6-10-36)35-7-3-2-4-8-35)23(27(29,30)31)20(33-15)13-19-18-11-16(28)12-21(32-14-37)24(18)34-25(19)38/h11-14,17,33H,2-10H2,1H3,(H,32,37)(H,34,38)/b19-13-. The molecule has 0 aliphatic carbocycles. The predicted molar refractivity (Wildman–Crippen MR) is 137 cm³/mol. The van der Waals surface area contributed by atoms with E-state index in [9.17, 15) is 31.9 Å². The largest absolute Gasteiger partial charge is 0.419 e. The van der Waals surface area contributed by atoms with Crippen LogP contribution in [0.2, 0.25) is 0 Å². The number of aromatic nitrogens is 1. The monoisotopic (exact) mass is 547 g/mol. The first-order chi connectivity index (χ1) is 18.6. The Hall–Kier alpha value is -3.67. The van der Waals surface area contributed by atoms with E-state index in [2.05, 4.69) is 20.5 Å². The molecule has 3 amide bonds. The molecule has 2 saturated heterocycles. The summed E-state index contributed by atoms with van der Waals surface area (Å²) >= 11 is 0. The molecule has 39 heavy (non-hydrogen) atoms. The summed E-state index contributed by atoms with van der Waals surface area (Å²) in [7, 11) is 0. The Morgan fingerprint density at radius 1 is 1.10 bits per heavy atom. The van der Waals surface area contributed by atoms with Gasteiger partial charge in [-0.1, -0.05) is 6.42 Å². The first kappa shape index (κ1) is 26.9. The van der Waals surface area contributed by atoms with Crippen LogP contribution in [0.3, 0.4) is 0 Å². The van der Waals surface area contributed by atoms with Gasteiger partial charge in [-0.2, -0.15) is 13.2 Å². The van der Waals surface area contributed by atoms with E-state index in [-0.39, 0.29) is 28.2 Å². The SMILES string of the molecule is Cc1[nH]c(/C=C2\C(=O)Nc3c(NC=O)cc(F)cc32)c(C(F)(F)F)c1C(=O)N1CCC(N2CCCCC2)CC1. The Bertz CT molecular complexity index is 1340. The Labute approximate surface area is 222 Å². The first-order valence-corrected chi connectivity index (χ1v) is 13.0. The fraction of sp³-hybridized carbons (Fsp3) is 0.444. The Morgan fingerprint density at radius 2 is 1.79 bits per heavy atom. The third-order valence-corrected chi connectivity index (χ3v) is 7.75. The number of alkyl halides is 3. The van der Waals surface area contributed by atoms with E-state index in [1.807, 2.05) is 0 Å². The first-order valence-electron chi connectivity index (χ1n) is 13.0. The van der Waals surface area contributed by atoms with Gasteiger partial charge >= 0.3 is 6.18 Å². The molecule has 8 nitrogen and oxygen atoms in total. The van der Waals surface area contributed by atoms with Crippen molar-refractivity contribution in [3.8, 4) is 0 Å². The fourth-order valence-corrected chi connectivity index (χ4v) is 5.92. The molecule has 0 bridgehead atoms. The lowest BCUT2D eigenvalue weighted by Gasteiger charge is -2.40. The van der Waals surface area contributed by atoms with Gasteiger partial charge in [0.1, 0.15) is 5.82 Å². The zero-order chi connectivity index (χ0) is 27.9. The van der Waals surface area contributed by atoms with E-state index < -0.39 is 40.6 Å². The number of carbonyl (C=O) groups is 3. The smallest absolute Gasteiger partial charge is 0.358 e. The highest BCUT2D eigenvalue weighted by atomic mass is 19.4. The number of amides is 3. The van der Waals surface area contributed by atoms with Gasteiger partial charge in [-0.05, 0) is 63.9 Å². The lowest BCUT2D eigenvalue weighted by Crippen LogP contribution is -2.48. The summed E-state index contributed by atoms with van der Waals surface area (Å²) in [5.74, 6) is -2.27. The number of carbonyl (C=O) groups excluding carboxylic acids is 3. The van der Waals surface area contributed by atoms with Crippen LogP contribution in [-0.4, -0.2) is 65.2 Å². The second kappa shape index (κ2) is 10.5. The highest BCUT2D eigenvalue weighted by Gasteiger charge is 2.42. The zero-order valence-electron chi connectivity index (χ0n) is 21.4. The number of piperidine rings is 2. The van der Waals surface area contributed by atoms with Crippen LogP contribution in [0.4, 0.5) is 28.9 Å². The molecule has 4 heterocycles. The number of nitrogens with one attached hydrogen (secondary N) is 3. The summed E-state index contributed by atoms with van der Waals surface area (Å²) in [6, 6.07) is 2.31. The molecule has 2 aromatic rings. The summed E-state index contributed by atoms with van der Waals surface area (Å²) in [6.07, 6.45) is 1.25. The van der Waals surface area contributed by atoms with Crippen LogP contribution in [0.5, 0.6) is 0 Å². The molecule has 0 unspecified atom stereocenters. The minimum Gasteiger partial charge on any atom is -0.358 e. The number of likely N-dealkylation sites (tertiary alicyclic amines) is 2. The number of aryl methyl sites for hydroxylation is 1. The molecule has 3 aliphatic heterocycles. The number of benzene rings is 1. The maximum absolute atomic E-state index is 14.4. The number of halogens is 4. The Kier molecular flexibility index (Phi) is 7.23. The van der Waals surface area contributed by atoms with E-state index in [0.29, 0.717) is 38.4 Å². The molecule has 1 aromatic carbocycles. The van der Waals surface area contributed by atoms with E-state index in [4.69, 9.17) is 0 Å². The van der Waals surface area contributed by atoms with Crippen molar-refractivity contribution >= 4 is 41.2 Å². The van der Waals surface area contributed by atoms with Crippen LogP contribution in [0.15, 0.2) is 12.1 Å². The average molecular weight is 548 g/mol. The van der Waals surface area contributed by atoms with E-state index in [1.165, 1.54) is 18.2 Å². The molecule has 2 fully saturated rings. The maximum Gasteiger partial charge on any atom is 0.419 e. The van der Waals surface area contributed by atoms with Crippen LogP contribution < -0.4 is 10.6 Å². The van der Waals surface area contributed by atoms with Crippen LogP contribution in [-0.2, 0) is 15.8 Å². The topological polar surface area (TPSA) is 97.5 Å². The highest BCUT2D eigenvalue weighted by molar-refractivity contribution is 6.36. The third-order valence-electron chi connectivity index (χ3n) is 7.75. The van der Waals surface area contributed by atoms with E-state index >= 15 is 0 Å². The highest BCUT2D eigenvalue weighted by Crippen LogP contribution is 2.42. The lowest BCUT2D eigenvalue weighted by atomic mass is 9.98.